The van der Waals surface area contributed by atoms with Gasteiger partial charge < -0.3 is 19.3 Å². The number of aromatic hydroxyl groups is 1. The van der Waals surface area contributed by atoms with E-state index in [2.05, 4.69) is 5.32 Å². The Balaban J connectivity index is 0.000000229. The van der Waals surface area contributed by atoms with Crippen LogP contribution < -0.4 is 15.0 Å². The summed E-state index contributed by atoms with van der Waals surface area (Å²) in [4.78, 5) is 25.0. The second-order valence-corrected chi connectivity index (χ2v) is 9.09. The maximum atomic E-state index is 12.0. The third-order valence-electron chi connectivity index (χ3n) is 3.88. The number of para-hydroxylation sites is 4. The predicted octanol–water partition coefficient (Wildman–Crippen LogP) is 5.56. The monoisotopic (exact) mass is 444 g/mol. The molecule has 0 aromatic heterocycles. The fraction of sp³-hybridized carbons (Fsp3) is 0.417. The zero-order chi connectivity index (χ0) is 23.9. The Kier molecular flexibility index (Phi) is 7.97. The SMILES string of the molecule is CC(C)(C)OC(=O)N1CCOc2ccccc21.CC(C)(C)OC(=O)Nc1ccccc1O. The van der Waals surface area contributed by atoms with Gasteiger partial charge in [-0.2, -0.15) is 0 Å². The maximum absolute atomic E-state index is 12.0. The molecule has 2 aromatic rings. The van der Waals surface area contributed by atoms with Gasteiger partial charge in [-0.25, -0.2) is 9.59 Å². The predicted molar refractivity (Wildman–Crippen MR) is 123 cm³/mol. The van der Waals surface area contributed by atoms with Gasteiger partial charge in [-0.3, -0.25) is 10.2 Å². The zero-order valence-electron chi connectivity index (χ0n) is 19.5. The van der Waals surface area contributed by atoms with E-state index in [4.69, 9.17) is 14.2 Å². The van der Waals surface area contributed by atoms with Gasteiger partial charge in [0.2, 0.25) is 0 Å². The summed E-state index contributed by atoms with van der Waals surface area (Å²) in [5, 5.41) is 11.8. The molecular formula is C24H32N2O6. The van der Waals surface area contributed by atoms with Crippen LogP contribution in [0.25, 0.3) is 0 Å². The van der Waals surface area contributed by atoms with Crippen LogP contribution in [0.1, 0.15) is 41.5 Å². The van der Waals surface area contributed by atoms with Gasteiger partial charge in [0.05, 0.1) is 17.9 Å². The fourth-order valence-electron chi connectivity index (χ4n) is 2.67. The number of carbonyl (C=O) groups is 2. The van der Waals surface area contributed by atoms with Crippen molar-refractivity contribution >= 4 is 23.6 Å². The van der Waals surface area contributed by atoms with Crippen LogP contribution >= 0.6 is 0 Å². The quantitative estimate of drug-likeness (QED) is 0.559. The second kappa shape index (κ2) is 10.3. The number of anilines is 2. The molecule has 0 bridgehead atoms. The van der Waals surface area contributed by atoms with Crippen molar-refractivity contribution in [3.63, 3.8) is 0 Å². The molecule has 1 aliphatic rings. The Bertz CT molecular complexity index is 931. The highest BCUT2D eigenvalue weighted by atomic mass is 16.6. The summed E-state index contributed by atoms with van der Waals surface area (Å²) in [6.07, 6.45) is -0.905. The van der Waals surface area contributed by atoms with Crippen LogP contribution in [0, 0.1) is 0 Å². The van der Waals surface area contributed by atoms with Gasteiger partial charge in [0.1, 0.15) is 29.3 Å². The Hall–Kier alpha value is -3.42. The lowest BCUT2D eigenvalue weighted by molar-refractivity contribution is 0.0566. The van der Waals surface area contributed by atoms with Gasteiger partial charge in [-0.1, -0.05) is 24.3 Å². The third kappa shape index (κ3) is 8.02. The lowest BCUT2D eigenvalue weighted by Crippen LogP contribution is -2.41. The summed E-state index contributed by atoms with van der Waals surface area (Å²) >= 11 is 0. The van der Waals surface area contributed by atoms with E-state index in [0.717, 1.165) is 11.4 Å². The lowest BCUT2D eigenvalue weighted by Gasteiger charge is -2.31. The van der Waals surface area contributed by atoms with Crippen molar-refractivity contribution in [1.29, 1.82) is 0 Å². The van der Waals surface area contributed by atoms with Crippen molar-refractivity contribution in [1.82, 2.24) is 0 Å². The van der Waals surface area contributed by atoms with E-state index in [1.807, 2.05) is 45.0 Å². The summed E-state index contributed by atoms with van der Waals surface area (Å²) in [5.74, 6) is 0.743. The molecule has 2 amide bonds. The number of fused-ring (bicyclic) bond motifs is 1. The number of hydrogen-bond acceptors (Lipinski definition) is 6. The second-order valence-electron chi connectivity index (χ2n) is 9.09. The van der Waals surface area contributed by atoms with Crippen LogP contribution in [0.3, 0.4) is 0 Å². The number of carbonyl (C=O) groups excluding carboxylic acids is 2. The zero-order valence-corrected chi connectivity index (χ0v) is 19.5. The number of phenols is 1. The first-order valence-corrected chi connectivity index (χ1v) is 10.4. The van der Waals surface area contributed by atoms with E-state index in [9.17, 15) is 14.7 Å². The highest BCUT2D eigenvalue weighted by Gasteiger charge is 2.27. The molecule has 1 heterocycles. The summed E-state index contributed by atoms with van der Waals surface area (Å²) in [6, 6.07) is 14.0. The van der Waals surface area contributed by atoms with E-state index in [-0.39, 0.29) is 11.8 Å². The van der Waals surface area contributed by atoms with Gasteiger partial charge in [-0.05, 0) is 65.8 Å². The Morgan fingerprint density at radius 2 is 1.53 bits per heavy atom. The number of rotatable bonds is 1. The summed E-state index contributed by atoms with van der Waals surface area (Å²) < 4.78 is 15.9. The number of benzene rings is 2. The first-order chi connectivity index (χ1) is 14.9. The highest BCUT2D eigenvalue weighted by molar-refractivity contribution is 5.90. The molecule has 1 aliphatic heterocycles. The minimum absolute atomic E-state index is 0.0170. The van der Waals surface area contributed by atoms with E-state index in [0.29, 0.717) is 18.8 Å². The number of ether oxygens (including phenoxy) is 3. The van der Waals surface area contributed by atoms with Crippen molar-refractivity contribution in [3.05, 3.63) is 48.5 Å². The number of phenolic OH excluding ortho intramolecular Hbond substituents is 1. The van der Waals surface area contributed by atoms with Gasteiger partial charge >= 0.3 is 12.2 Å². The topological polar surface area (TPSA) is 97.3 Å². The highest BCUT2D eigenvalue weighted by Crippen LogP contribution is 2.31. The van der Waals surface area contributed by atoms with E-state index in [1.54, 1.807) is 43.9 Å². The normalized spacial score (nSPS) is 13.0. The molecule has 0 saturated carbocycles. The van der Waals surface area contributed by atoms with Crippen LogP contribution in [0.15, 0.2) is 48.5 Å². The van der Waals surface area contributed by atoms with Crippen molar-refractivity contribution in [2.24, 2.45) is 0 Å². The number of hydrogen-bond donors (Lipinski definition) is 2. The molecule has 0 aliphatic carbocycles. The summed E-state index contributed by atoms with van der Waals surface area (Å²) in [5.41, 5.74) is 0.0819. The molecule has 0 spiro atoms. The average molecular weight is 445 g/mol. The molecule has 8 heteroatoms. The van der Waals surface area contributed by atoms with Crippen molar-refractivity contribution in [2.45, 2.75) is 52.7 Å². The molecule has 0 atom stereocenters. The van der Waals surface area contributed by atoms with Crippen LogP contribution in [-0.4, -0.2) is 41.6 Å². The number of nitrogens with zero attached hydrogens (tertiary/aromatic N) is 1. The summed E-state index contributed by atoms with van der Waals surface area (Å²) in [6.45, 7) is 11.9. The first-order valence-electron chi connectivity index (χ1n) is 10.4. The third-order valence-corrected chi connectivity index (χ3v) is 3.88. The first kappa shape index (κ1) is 24.8. The molecule has 2 aromatic carbocycles. The summed E-state index contributed by atoms with van der Waals surface area (Å²) in [7, 11) is 0. The van der Waals surface area contributed by atoms with E-state index < -0.39 is 17.3 Å². The Morgan fingerprint density at radius 1 is 0.938 bits per heavy atom. The van der Waals surface area contributed by atoms with Crippen molar-refractivity contribution in [2.75, 3.05) is 23.4 Å². The Morgan fingerprint density at radius 3 is 2.16 bits per heavy atom. The van der Waals surface area contributed by atoms with Crippen molar-refractivity contribution in [3.8, 4) is 11.5 Å². The van der Waals surface area contributed by atoms with Crippen molar-refractivity contribution < 1.29 is 28.9 Å². The molecule has 0 saturated heterocycles. The number of amides is 2. The molecule has 0 radical (unpaired) electrons. The molecular weight excluding hydrogens is 412 g/mol. The lowest BCUT2D eigenvalue weighted by atomic mass is 10.2. The Labute approximate surface area is 189 Å². The molecule has 0 fully saturated rings. The van der Waals surface area contributed by atoms with Crippen LogP contribution in [0.2, 0.25) is 0 Å². The minimum Gasteiger partial charge on any atom is -0.506 e. The van der Waals surface area contributed by atoms with Crippen LogP contribution in [-0.2, 0) is 9.47 Å². The molecule has 174 valence electrons. The minimum atomic E-state index is -0.580. The molecule has 8 nitrogen and oxygen atoms in total. The van der Waals surface area contributed by atoms with E-state index in [1.165, 1.54) is 6.07 Å². The van der Waals surface area contributed by atoms with Gasteiger partial charge in [0, 0.05) is 0 Å². The maximum Gasteiger partial charge on any atom is 0.415 e. The molecule has 3 rings (SSSR count). The molecule has 32 heavy (non-hydrogen) atoms. The largest absolute Gasteiger partial charge is 0.506 e. The van der Waals surface area contributed by atoms with Gasteiger partial charge in [0.15, 0.2) is 0 Å². The molecule has 2 N–H and O–H groups in total. The van der Waals surface area contributed by atoms with Crippen LogP contribution in [0.5, 0.6) is 11.5 Å². The van der Waals surface area contributed by atoms with E-state index >= 15 is 0 Å². The smallest absolute Gasteiger partial charge is 0.415 e. The van der Waals surface area contributed by atoms with Crippen LogP contribution in [0.4, 0.5) is 21.0 Å². The van der Waals surface area contributed by atoms with Gasteiger partial charge in [0.25, 0.3) is 0 Å². The average Bonchev–Trinajstić information content (AvgIpc) is 2.67. The standard InChI is InChI=1S/C13H17NO3.C11H15NO3/c1-13(2,3)17-12(15)14-8-9-16-11-7-5-4-6-10(11)14;1-11(2,3)15-10(14)12-8-6-4-5-7-9(8)13/h4-7H,8-9H2,1-3H3;4-7,13H,1-3H3,(H,12,14). The molecule has 0 unspecified atom stereocenters. The fourth-order valence-corrected chi connectivity index (χ4v) is 2.67. The van der Waals surface area contributed by atoms with Gasteiger partial charge in [-0.15, -0.1) is 0 Å². The number of nitrogens with one attached hydrogen (secondary N) is 1.